The summed E-state index contributed by atoms with van der Waals surface area (Å²) in [4.78, 5) is 21.5. The van der Waals surface area contributed by atoms with Gasteiger partial charge in [-0.1, -0.05) is 37.6 Å². The quantitative estimate of drug-likeness (QED) is 0.134. The Morgan fingerprint density at radius 2 is 1.52 bits per heavy atom. The molecule has 0 spiro atoms. The van der Waals surface area contributed by atoms with Crippen LogP contribution in [0.3, 0.4) is 0 Å². The molecule has 276 valence electrons. The molecule has 12 nitrogen and oxygen atoms in total. The van der Waals surface area contributed by atoms with Crippen LogP contribution in [0.4, 0.5) is 11.6 Å². The van der Waals surface area contributed by atoms with E-state index in [1.54, 1.807) is 31.1 Å². The van der Waals surface area contributed by atoms with Crippen LogP contribution in [0.5, 0.6) is 17.5 Å². The van der Waals surface area contributed by atoms with Gasteiger partial charge in [-0.15, -0.1) is 5.10 Å². The Balaban J connectivity index is 1.38. The van der Waals surface area contributed by atoms with Gasteiger partial charge in [0.25, 0.3) is 0 Å². The van der Waals surface area contributed by atoms with E-state index < -0.39 is 6.10 Å². The van der Waals surface area contributed by atoms with Crippen LogP contribution in [0.15, 0.2) is 67.0 Å². The monoisotopic (exact) mass is 708 g/mol. The second-order valence-electron chi connectivity index (χ2n) is 13.9. The second kappa shape index (κ2) is 16.6. The van der Waals surface area contributed by atoms with Crippen molar-refractivity contribution >= 4 is 17.3 Å². The van der Waals surface area contributed by atoms with Crippen LogP contribution in [0.2, 0.25) is 0 Å². The van der Waals surface area contributed by atoms with Gasteiger partial charge in [-0.05, 0) is 94.2 Å². The molecule has 4 heterocycles. The van der Waals surface area contributed by atoms with Crippen molar-refractivity contribution in [3.05, 3.63) is 94.9 Å². The van der Waals surface area contributed by atoms with E-state index in [1.807, 2.05) is 61.5 Å². The minimum absolute atomic E-state index is 0.106. The summed E-state index contributed by atoms with van der Waals surface area (Å²) < 4.78 is 18.8. The topological polar surface area (TPSA) is 114 Å². The predicted octanol–water partition coefficient (Wildman–Crippen LogP) is 6.23. The number of anilines is 2. The zero-order valence-electron chi connectivity index (χ0n) is 31.5. The van der Waals surface area contributed by atoms with E-state index in [9.17, 15) is 5.11 Å². The van der Waals surface area contributed by atoms with E-state index in [0.29, 0.717) is 41.9 Å². The van der Waals surface area contributed by atoms with E-state index in [2.05, 4.69) is 42.6 Å². The highest BCUT2D eigenvalue weighted by molar-refractivity contribution is 5.65. The molecule has 2 unspecified atom stereocenters. The number of pyridine rings is 1. The molecule has 52 heavy (non-hydrogen) atoms. The first-order valence-corrected chi connectivity index (χ1v) is 18.2. The number of ether oxygens (including phenoxy) is 3. The lowest BCUT2D eigenvalue weighted by atomic mass is 10.0. The molecule has 1 N–H and O–H groups in total. The van der Waals surface area contributed by atoms with Crippen LogP contribution in [-0.4, -0.2) is 88.1 Å². The molecular formula is C40H52N8O4. The third-order valence-corrected chi connectivity index (χ3v) is 9.88. The number of nitrogens with zero attached hydrogens (tertiary/aromatic N) is 8. The number of aliphatic hydroxyl groups is 1. The highest BCUT2D eigenvalue weighted by Gasteiger charge is 2.26. The average Bonchev–Trinajstić information content (AvgIpc) is 3.58. The molecule has 1 saturated heterocycles. The number of piperidine rings is 1. The van der Waals surface area contributed by atoms with Gasteiger partial charge < -0.3 is 34.0 Å². The Labute approximate surface area is 307 Å². The van der Waals surface area contributed by atoms with Crippen molar-refractivity contribution < 1.29 is 19.3 Å². The second-order valence-corrected chi connectivity index (χ2v) is 13.9. The summed E-state index contributed by atoms with van der Waals surface area (Å²) in [5, 5.41) is 16.7. The van der Waals surface area contributed by atoms with E-state index in [0.717, 1.165) is 72.8 Å². The van der Waals surface area contributed by atoms with Gasteiger partial charge in [0.2, 0.25) is 0 Å². The third-order valence-electron chi connectivity index (χ3n) is 9.88. The smallest absolute Gasteiger partial charge is 0.336 e. The molecule has 0 bridgehead atoms. The number of methoxy groups -OCH3 is 2. The molecule has 6 rings (SSSR count). The van der Waals surface area contributed by atoms with Gasteiger partial charge in [0.05, 0.1) is 32.2 Å². The zero-order chi connectivity index (χ0) is 36.8. The van der Waals surface area contributed by atoms with Crippen LogP contribution in [0, 0.1) is 6.92 Å². The Kier molecular flexibility index (Phi) is 11.8. The molecule has 2 aromatic carbocycles. The first-order valence-electron chi connectivity index (χ1n) is 18.2. The largest absolute Gasteiger partial charge is 0.497 e. The summed E-state index contributed by atoms with van der Waals surface area (Å²) in [6.45, 7) is 9.15. The highest BCUT2D eigenvalue weighted by atomic mass is 16.5. The van der Waals surface area contributed by atoms with E-state index >= 15 is 0 Å². The van der Waals surface area contributed by atoms with E-state index in [-0.39, 0.29) is 12.1 Å². The molecule has 0 amide bonds. The summed E-state index contributed by atoms with van der Waals surface area (Å²) in [7, 11) is 7.62. The first-order chi connectivity index (χ1) is 25.2. The van der Waals surface area contributed by atoms with E-state index in [4.69, 9.17) is 34.3 Å². The predicted molar refractivity (Wildman–Crippen MR) is 204 cm³/mol. The number of fused-ring (bicyclic) bond motifs is 1. The third kappa shape index (κ3) is 8.40. The molecule has 1 aliphatic heterocycles. The summed E-state index contributed by atoms with van der Waals surface area (Å²) in [5.41, 5.74) is 4.82. The molecule has 1 fully saturated rings. The molecule has 0 saturated carbocycles. The van der Waals surface area contributed by atoms with Gasteiger partial charge in [-0.25, -0.2) is 14.5 Å². The van der Waals surface area contributed by atoms with Crippen molar-refractivity contribution in [2.45, 2.75) is 77.8 Å². The summed E-state index contributed by atoms with van der Waals surface area (Å²) >= 11 is 0. The number of aryl methyl sites for hydroxylation is 1. The molecule has 5 aromatic rings. The fourth-order valence-corrected chi connectivity index (χ4v) is 6.90. The number of aliphatic hydroxyl groups excluding tert-OH is 1. The SMILES string of the molecule is CCCC(C)Oc1nc(N(Cc2ccc(OC)cc2)Cc2ccc(OC)cc2)c2ncc(C(O)c3cnc(N4CCC(N(C)C)CC4)c(C)c3)n2n1. The fourth-order valence-electron chi connectivity index (χ4n) is 6.90. The van der Waals surface area contributed by atoms with Gasteiger partial charge >= 0.3 is 6.01 Å². The Morgan fingerprint density at radius 3 is 2.06 bits per heavy atom. The van der Waals surface area contributed by atoms with Gasteiger partial charge in [0.15, 0.2) is 11.5 Å². The molecule has 0 aliphatic carbocycles. The summed E-state index contributed by atoms with van der Waals surface area (Å²) in [6.07, 6.45) is 6.30. The van der Waals surface area contributed by atoms with E-state index in [1.165, 1.54) is 0 Å². The lowest BCUT2D eigenvalue weighted by molar-refractivity contribution is 0.186. The number of aromatic nitrogens is 5. The minimum Gasteiger partial charge on any atom is -0.497 e. The maximum absolute atomic E-state index is 11.9. The van der Waals surface area contributed by atoms with Crippen LogP contribution < -0.4 is 24.0 Å². The highest BCUT2D eigenvalue weighted by Crippen LogP contribution is 2.32. The molecule has 12 heteroatoms. The number of hydrogen-bond donors (Lipinski definition) is 1. The lowest BCUT2D eigenvalue weighted by Gasteiger charge is -2.36. The van der Waals surface area contributed by atoms with Gasteiger partial charge in [0.1, 0.15) is 23.4 Å². The van der Waals surface area contributed by atoms with Crippen LogP contribution in [0.1, 0.15) is 73.6 Å². The summed E-state index contributed by atoms with van der Waals surface area (Å²) in [6, 6.07) is 18.8. The zero-order valence-corrected chi connectivity index (χ0v) is 31.5. The Morgan fingerprint density at radius 1 is 0.904 bits per heavy atom. The fraction of sp³-hybridized carbons (Fsp3) is 0.450. The van der Waals surface area contributed by atoms with Crippen molar-refractivity contribution in [1.29, 1.82) is 0 Å². The number of benzene rings is 2. The van der Waals surface area contributed by atoms with Gasteiger partial charge in [-0.3, -0.25) is 0 Å². The average molecular weight is 709 g/mol. The molecule has 2 atom stereocenters. The maximum atomic E-state index is 11.9. The van der Waals surface area contributed by atoms with Gasteiger partial charge in [-0.2, -0.15) is 4.98 Å². The molecule has 0 radical (unpaired) electrons. The number of hydrogen-bond acceptors (Lipinski definition) is 11. The molecular weight excluding hydrogens is 656 g/mol. The first kappa shape index (κ1) is 36.8. The van der Waals surface area contributed by atoms with Crippen LogP contribution in [0.25, 0.3) is 5.65 Å². The molecule has 3 aromatic heterocycles. The lowest BCUT2D eigenvalue weighted by Crippen LogP contribution is -2.42. The van der Waals surface area contributed by atoms with Gasteiger partial charge in [0, 0.05) is 44.0 Å². The van der Waals surface area contributed by atoms with Crippen molar-refractivity contribution in [3.8, 4) is 17.5 Å². The van der Waals surface area contributed by atoms with Crippen LogP contribution in [-0.2, 0) is 13.1 Å². The normalized spacial score (nSPS) is 14.8. The standard InChI is InChI=1S/C40H52N8O4/c1-8-9-28(3)52-40-43-39(47(25-29-10-14-33(50-6)15-11-29)26-30-12-16-34(51-7)17-13-30)38-42-24-35(48(38)44-40)36(49)31-22-27(2)37(41-23-31)46-20-18-32(19-21-46)45(4)5/h10-17,22-24,28,32,36,49H,8-9,18-21,25-26H2,1-7H3. The van der Waals surface area contributed by atoms with Crippen molar-refractivity contribution in [1.82, 2.24) is 29.5 Å². The number of imidazole rings is 1. The summed E-state index contributed by atoms with van der Waals surface area (Å²) in [5.74, 6) is 3.12. The minimum atomic E-state index is -1.03. The van der Waals surface area contributed by atoms with Crippen molar-refractivity contribution in [3.63, 3.8) is 0 Å². The van der Waals surface area contributed by atoms with Crippen molar-refractivity contribution in [2.24, 2.45) is 0 Å². The maximum Gasteiger partial charge on any atom is 0.336 e. The van der Waals surface area contributed by atoms with Crippen molar-refractivity contribution in [2.75, 3.05) is 51.2 Å². The molecule has 1 aliphatic rings. The Bertz CT molecular complexity index is 1860. The number of rotatable bonds is 15. The Hall–Kier alpha value is -4.94. The van der Waals surface area contributed by atoms with Crippen LogP contribution >= 0.6 is 0 Å².